The van der Waals surface area contributed by atoms with Crippen LogP contribution in [0.2, 0.25) is 0 Å². The summed E-state index contributed by atoms with van der Waals surface area (Å²) in [5.74, 6) is -0.359. The van der Waals surface area contributed by atoms with Gasteiger partial charge in [-0.3, -0.25) is 9.36 Å². The summed E-state index contributed by atoms with van der Waals surface area (Å²) in [6.45, 7) is 2.14. The van der Waals surface area contributed by atoms with Crippen molar-refractivity contribution in [1.29, 1.82) is 0 Å². The van der Waals surface area contributed by atoms with E-state index in [1.165, 1.54) is 10.6 Å². The Kier molecular flexibility index (Phi) is 4.20. The van der Waals surface area contributed by atoms with Gasteiger partial charge in [-0.25, -0.2) is 9.18 Å². The maximum atomic E-state index is 13.9. The van der Waals surface area contributed by atoms with Crippen LogP contribution in [0.1, 0.15) is 0 Å². The summed E-state index contributed by atoms with van der Waals surface area (Å²) in [6.07, 6.45) is 0. The van der Waals surface area contributed by atoms with Gasteiger partial charge in [-0.2, -0.15) is 0 Å². The van der Waals surface area contributed by atoms with Crippen LogP contribution in [0.25, 0.3) is 11.0 Å². The van der Waals surface area contributed by atoms with Gasteiger partial charge >= 0.3 is 5.69 Å². The van der Waals surface area contributed by atoms with Crippen LogP contribution in [-0.4, -0.2) is 46.5 Å². The minimum atomic E-state index is -0.287. The number of imidazole rings is 1. The molecule has 3 aromatic rings. The zero-order valence-electron chi connectivity index (χ0n) is 14.2. The number of amides is 1. The van der Waals surface area contributed by atoms with Crippen LogP contribution in [0.4, 0.5) is 10.1 Å². The average Bonchev–Trinajstić information content (AvgIpc) is 2.98. The minimum Gasteiger partial charge on any atom is -0.366 e. The number of nitrogens with one attached hydrogen (secondary N) is 1. The normalized spacial score (nSPS) is 14.8. The second-order valence-corrected chi connectivity index (χ2v) is 6.35. The fraction of sp³-hybridized carbons (Fsp3) is 0.263. The molecule has 0 atom stereocenters. The molecule has 7 heteroatoms. The van der Waals surface area contributed by atoms with Crippen molar-refractivity contribution >= 4 is 22.6 Å². The number of hydrogen-bond donors (Lipinski definition) is 1. The molecule has 0 aliphatic carbocycles. The number of rotatable bonds is 3. The maximum absolute atomic E-state index is 13.9. The standard InChI is InChI=1S/C19H19FN4O2/c20-14-5-1-3-7-16(14)22-9-11-23(12-10-22)18(25)13-24-17-8-4-2-6-15(17)21-19(24)26/h1-8H,9-13H2,(H,21,26). The van der Waals surface area contributed by atoms with Crippen molar-refractivity contribution in [2.45, 2.75) is 6.54 Å². The van der Waals surface area contributed by atoms with E-state index in [1.54, 1.807) is 23.1 Å². The molecule has 26 heavy (non-hydrogen) atoms. The number of benzene rings is 2. The van der Waals surface area contributed by atoms with Gasteiger partial charge in [-0.05, 0) is 24.3 Å². The van der Waals surface area contributed by atoms with Crippen LogP contribution >= 0.6 is 0 Å². The van der Waals surface area contributed by atoms with E-state index in [4.69, 9.17) is 0 Å². The monoisotopic (exact) mass is 354 g/mol. The number of carbonyl (C=O) groups is 1. The van der Waals surface area contributed by atoms with E-state index in [2.05, 4.69) is 4.98 Å². The van der Waals surface area contributed by atoms with E-state index >= 15 is 0 Å². The molecule has 6 nitrogen and oxygen atoms in total. The van der Waals surface area contributed by atoms with Crippen LogP contribution in [0, 0.1) is 5.82 Å². The summed E-state index contributed by atoms with van der Waals surface area (Å²) in [5, 5.41) is 0. The van der Waals surface area contributed by atoms with Crippen molar-refractivity contribution < 1.29 is 9.18 Å². The molecule has 1 amide bonds. The van der Waals surface area contributed by atoms with Crippen molar-refractivity contribution in [2.75, 3.05) is 31.1 Å². The van der Waals surface area contributed by atoms with Gasteiger partial charge in [0, 0.05) is 26.2 Å². The Morgan fingerprint density at radius 3 is 2.46 bits per heavy atom. The second kappa shape index (κ2) is 6.67. The molecule has 1 fully saturated rings. The summed E-state index contributed by atoms with van der Waals surface area (Å²) in [4.78, 5) is 31.2. The number of H-pyrrole nitrogens is 1. The Morgan fingerprint density at radius 1 is 1.00 bits per heavy atom. The van der Waals surface area contributed by atoms with Gasteiger partial charge in [0.05, 0.1) is 16.7 Å². The first-order chi connectivity index (χ1) is 12.6. The molecule has 1 aromatic heterocycles. The van der Waals surface area contributed by atoms with Gasteiger partial charge in [-0.1, -0.05) is 24.3 Å². The predicted octanol–water partition coefficient (Wildman–Crippen LogP) is 1.82. The van der Waals surface area contributed by atoms with Crippen LogP contribution in [0.3, 0.4) is 0 Å². The molecule has 0 radical (unpaired) electrons. The molecule has 1 aliphatic rings. The van der Waals surface area contributed by atoms with E-state index in [0.29, 0.717) is 31.9 Å². The van der Waals surface area contributed by atoms with Crippen LogP contribution in [0.15, 0.2) is 53.3 Å². The molecule has 0 unspecified atom stereocenters. The lowest BCUT2D eigenvalue weighted by Crippen LogP contribution is -2.50. The molecule has 1 N–H and O–H groups in total. The molecule has 4 rings (SSSR count). The van der Waals surface area contributed by atoms with Gasteiger partial charge < -0.3 is 14.8 Å². The summed E-state index contributed by atoms with van der Waals surface area (Å²) in [5.41, 5.74) is 1.71. The van der Waals surface area contributed by atoms with Crippen molar-refractivity contribution in [3.05, 3.63) is 64.8 Å². The molecular weight excluding hydrogens is 335 g/mol. The highest BCUT2D eigenvalue weighted by molar-refractivity contribution is 5.80. The zero-order valence-corrected chi connectivity index (χ0v) is 14.2. The SMILES string of the molecule is O=C(Cn1c(=O)[nH]c2ccccc21)N1CCN(c2ccccc2F)CC1. The number of halogens is 1. The number of para-hydroxylation sites is 3. The lowest BCUT2D eigenvalue weighted by molar-refractivity contribution is -0.132. The first-order valence-electron chi connectivity index (χ1n) is 8.58. The maximum Gasteiger partial charge on any atom is 0.326 e. The third-order valence-corrected chi connectivity index (χ3v) is 4.80. The zero-order chi connectivity index (χ0) is 18.1. The quantitative estimate of drug-likeness (QED) is 0.780. The molecule has 2 aromatic carbocycles. The average molecular weight is 354 g/mol. The molecule has 0 spiro atoms. The molecule has 0 saturated carbocycles. The summed E-state index contributed by atoms with van der Waals surface area (Å²) in [7, 11) is 0. The van der Waals surface area contributed by atoms with Crippen molar-refractivity contribution in [3.8, 4) is 0 Å². The molecule has 2 heterocycles. The van der Waals surface area contributed by atoms with Gasteiger partial charge in [0.1, 0.15) is 12.4 Å². The Balaban J connectivity index is 1.45. The van der Waals surface area contributed by atoms with Crippen LogP contribution in [-0.2, 0) is 11.3 Å². The Morgan fingerprint density at radius 2 is 1.69 bits per heavy atom. The molecule has 134 valence electrons. The van der Waals surface area contributed by atoms with Gasteiger partial charge in [-0.15, -0.1) is 0 Å². The van der Waals surface area contributed by atoms with Gasteiger partial charge in [0.2, 0.25) is 5.91 Å². The number of aromatic amines is 1. The Labute approximate surface area is 149 Å². The van der Waals surface area contributed by atoms with Crippen molar-refractivity contribution in [3.63, 3.8) is 0 Å². The highest BCUT2D eigenvalue weighted by Crippen LogP contribution is 2.20. The number of anilines is 1. The highest BCUT2D eigenvalue weighted by Gasteiger charge is 2.23. The first-order valence-corrected chi connectivity index (χ1v) is 8.58. The third-order valence-electron chi connectivity index (χ3n) is 4.80. The van der Waals surface area contributed by atoms with Gasteiger partial charge in [0.15, 0.2) is 0 Å². The number of hydrogen-bond acceptors (Lipinski definition) is 3. The summed E-state index contributed by atoms with van der Waals surface area (Å²) < 4.78 is 15.4. The minimum absolute atomic E-state index is 0.00252. The number of piperazine rings is 1. The summed E-state index contributed by atoms with van der Waals surface area (Å²) in [6, 6.07) is 14.0. The van der Waals surface area contributed by atoms with E-state index in [0.717, 1.165) is 11.0 Å². The second-order valence-electron chi connectivity index (χ2n) is 6.35. The topological polar surface area (TPSA) is 61.3 Å². The number of nitrogens with zero attached hydrogens (tertiary/aromatic N) is 3. The van der Waals surface area contributed by atoms with Crippen molar-refractivity contribution in [1.82, 2.24) is 14.5 Å². The molecule has 0 bridgehead atoms. The van der Waals surface area contributed by atoms with Gasteiger partial charge in [0.25, 0.3) is 0 Å². The fourth-order valence-electron chi connectivity index (χ4n) is 3.40. The Bertz CT molecular complexity index is 1000. The predicted molar refractivity (Wildman–Crippen MR) is 97.8 cm³/mol. The van der Waals surface area contributed by atoms with E-state index in [9.17, 15) is 14.0 Å². The molecule has 1 aliphatic heterocycles. The van der Waals surface area contributed by atoms with Crippen molar-refractivity contribution in [2.24, 2.45) is 0 Å². The molecule has 1 saturated heterocycles. The van der Waals surface area contributed by atoms with Crippen LogP contribution in [0.5, 0.6) is 0 Å². The number of carbonyl (C=O) groups excluding carboxylic acids is 1. The summed E-state index contributed by atoms with van der Waals surface area (Å²) >= 11 is 0. The highest BCUT2D eigenvalue weighted by atomic mass is 19.1. The lowest BCUT2D eigenvalue weighted by atomic mass is 10.2. The molecular formula is C19H19FN4O2. The van der Waals surface area contributed by atoms with E-state index in [-0.39, 0.29) is 24.0 Å². The first kappa shape index (κ1) is 16.4. The van der Waals surface area contributed by atoms with Crippen LogP contribution < -0.4 is 10.6 Å². The number of aromatic nitrogens is 2. The third kappa shape index (κ3) is 2.96. The lowest BCUT2D eigenvalue weighted by Gasteiger charge is -2.36. The largest absolute Gasteiger partial charge is 0.366 e. The van der Waals surface area contributed by atoms with E-state index in [1.807, 2.05) is 29.2 Å². The Hall–Kier alpha value is -3.09. The fourth-order valence-corrected chi connectivity index (χ4v) is 3.40. The smallest absolute Gasteiger partial charge is 0.326 e. The van der Waals surface area contributed by atoms with E-state index < -0.39 is 0 Å². The number of fused-ring (bicyclic) bond motifs is 1.